The number of piperazine rings is 1. The highest BCUT2D eigenvalue weighted by Gasteiger charge is 2.20. The third-order valence-corrected chi connectivity index (χ3v) is 5.85. The minimum Gasteiger partial charge on any atom is -0.330 e. The molecular weight excluding hydrogens is 396 g/mol. The van der Waals surface area contributed by atoms with Crippen LogP contribution in [0.4, 0.5) is 11.4 Å². The normalized spacial score (nSPS) is 15.3. The minimum atomic E-state index is -0.552. The van der Waals surface area contributed by atoms with Crippen LogP contribution in [0.15, 0.2) is 42.5 Å². The van der Waals surface area contributed by atoms with Crippen molar-refractivity contribution >= 4 is 28.3 Å². The largest absolute Gasteiger partial charge is 0.330 e. The summed E-state index contributed by atoms with van der Waals surface area (Å²) < 4.78 is 2.08. The molecule has 0 bridgehead atoms. The molecule has 31 heavy (non-hydrogen) atoms. The first-order valence-corrected chi connectivity index (χ1v) is 10.4. The van der Waals surface area contributed by atoms with Crippen molar-refractivity contribution in [1.82, 2.24) is 19.4 Å². The molecule has 1 N–H and O–H groups in total. The van der Waals surface area contributed by atoms with Gasteiger partial charge in [0, 0.05) is 45.0 Å². The Morgan fingerprint density at radius 2 is 1.84 bits per heavy atom. The Kier molecular flexibility index (Phi) is 5.97. The molecule has 9 heteroatoms. The molecule has 0 radical (unpaired) electrons. The van der Waals surface area contributed by atoms with Crippen molar-refractivity contribution in [2.45, 2.75) is 13.5 Å². The molecule has 3 aromatic rings. The minimum absolute atomic E-state index is 0.0283. The topological polar surface area (TPSA) is 96.5 Å². The summed E-state index contributed by atoms with van der Waals surface area (Å²) in [5, 5.41) is 14.0. The van der Waals surface area contributed by atoms with Crippen molar-refractivity contribution in [3.8, 4) is 0 Å². The SMILES string of the molecule is CCN1CCN(Cc2nc3cc(NC(=O)c4ccccc4[N+](=O)[O-])ccc3n2C)CC1. The number of para-hydroxylation sites is 1. The van der Waals surface area contributed by atoms with Crippen LogP contribution in [-0.2, 0) is 13.6 Å². The lowest BCUT2D eigenvalue weighted by molar-refractivity contribution is -0.385. The van der Waals surface area contributed by atoms with Gasteiger partial charge in [-0.3, -0.25) is 19.8 Å². The van der Waals surface area contributed by atoms with E-state index in [1.165, 1.54) is 12.1 Å². The number of carbonyl (C=O) groups is 1. The Morgan fingerprint density at radius 1 is 1.13 bits per heavy atom. The fraction of sp³-hybridized carbons (Fsp3) is 0.364. The second-order valence-corrected chi connectivity index (χ2v) is 7.73. The number of fused-ring (bicyclic) bond motifs is 1. The third kappa shape index (κ3) is 4.42. The van der Waals surface area contributed by atoms with Crippen LogP contribution in [0, 0.1) is 10.1 Å². The van der Waals surface area contributed by atoms with Gasteiger partial charge in [-0.25, -0.2) is 4.98 Å². The second kappa shape index (κ2) is 8.83. The number of aryl methyl sites for hydroxylation is 1. The van der Waals surface area contributed by atoms with Gasteiger partial charge in [0.2, 0.25) is 0 Å². The van der Waals surface area contributed by atoms with E-state index in [1.807, 2.05) is 13.1 Å². The number of anilines is 1. The molecule has 2 aromatic carbocycles. The lowest BCUT2D eigenvalue weighted by atomic mass is 10.1. The summed E-state index contributed by atoms with van der Waals surface area (Å²) in [6.45, 7) is 8.24. The van der Waals surface area contributed by atoms with Gasteiger partial charge in [0.05, 0.1) is 22.5 Å². The lowest BCUT2D eigenvalue weighted by Gasteiger charge is -2.33. The highest BCUT2D eigenvalue weighted by molar-refractivity contribution is 6.07. The molecular formula is C22H26N6O3. The highest BCUT2D eigenvalue weighted by atomic mass is 16.6. The fourth-order valence-electron chi connectivity index (χ4n) is 3.96. The molecule has 1 aromatic heterocycles. The number of carbonyl (C=O) groups excluding carboxylic acids is 1. The quantitative estimate of drug-likeness (QED) is 0.485. The number of hydrogen-bond acceptors (Lipinski definition) is 6. The average Bonchev–Trinajstić information content (AvgIpc) is 3.08. The van der Waals surface area contributed by atoms with Gasteiger partial charge in [-0.15, -0.1) is 0 Å². The maximum absolute atomic E-state index is 12.6. The van der Waals surface area contributed by atoms with E-state index >= 15 is 0 Å². The summed E-state index contributed by atoms with van der Waals surface area (Å²) in [7, 11) is 2.00. The van der Waals surface area contributed by atoms with E-state index < -0.39 is 10.8 Å². The van der Waals surface area contributed by atoms with E-state index in [9.17, 15) is 14.9 Å². The van der Waals surface area contributed by atoms with Crippen LogP contribution in [0.3, 0.4) is 0 Å². The standard InChI is InChI=1S/C22H26N6O3/c1-3-26-10-12-27(13-11-26)15-21-24-18-14-16(8-9-20(18)25(21)2)23-22(29)17-6-4-5-7-19(17)28(30)31/h4-9,14H,3,10-13,15H2,1-2H3,(H,23,29). The lowest BCUT2D eigenvalue weighted by Crippen LogP contribution is -2.45. The van der Waals surface area contributed by atoms with Crippen molar-refractivity contribution < 1.29 is 9.72 Å². The van der Waals surface area contributed by atoms with Gasteiger partial charge in [0.15, 0.2) is 0 Å². The Bertz CT molecular complexity index is 1120. The van der Waals surface area contributed by atoms with Crippen LogP contribution in [0.1, 0.15) is 23.1 Å². The summed E-state index contributed by atoms with van der Waals surface area (Å²) in [5.41, 5.74) is 2.12. The number of rotatable bonds is 6. The fourth-order valence-corrected chi connectivity index (χ4v) is 3.96. The molecule has 0 saturated carbocycles. The zero-order chi connectivity index (χ0) is 22.0. The zero-order valence-corrected chi connectivity index (χ0v) is 17.7. The number of imidazole rings is 1. The molecule has 1 aliphatic heterocycles. The highest BCUT2D eigenvalue weighted by Crippen LogP contribution is 2.23. The molecule has 0 atom stereocenters. The third-order valence-electron chi connectivity index (χ3n) is 5.85. The van der Waals surface area contributed by atoms with E-state index in [0.29, 0.717) is 5.69 Å². The predicted molar refractivity (Wildman–Crippen MR) is 119 cm³/mol. The first-order chi connectivity index (χ1) is 15.0. The molecule has 4 rings (SSSR count). The molecule has 9 nitrogen and oxygen atoms in total. The number of nitro groups is 1. The predicted octanol–water partition coefficient (Wildman–Crippen LogP) is 2.87. The Labute approximate surface area is 180 Å². The Morgan fingerprint density at radius 3 is 2.55 bits per heavy atom. The molecule has 1 saturated heterocycles. The van der Waals surface area contributed by atoms with Gasteiger partial charge in [-0.05, 0) is 30.8 Å². The van der Waals surface area contributed by atoms with Gasteiger partial charge in [-0.1, -0.05) is 19.1 Å². The van der Waals surface area contributed by atoms with E-state index in [4.69, 9.17) is 4.98 Å². The Balaban J connectivity index is 1.51. The summed E-state index contributed by atoms with van der Waals surface area (Å²) in [4.78, 5) is 32.9. The summed E-state index contributed by atoms with van der Waals surface area (Å²) in [6, 6.07) is 11.4. The van der Waals surface area contributed by atoms with E-state index in [1.54, 1.807) is 24.3 Å². The molecule has 2 heterocycles. The number of hydrogen-bond donors (Lipinski definition) is 1. The first-order valence-electron chi connectivity index (χ1n) is 10.4. The van der Waals surface area contributed by atoms with Gasteiger partial charge in [-0.2, -0.15) is 0 Å². The number of nitrogens with one attached hydrogen (secondary N) is 1. The van der Waals surface area contributed by atoms with Crippen molar-refractivity contribution in [2.75, 3.05) is 38.0 Å². The number of benzene rings is 2. The number of nitro benzene ring substituents is 1. The van der Waals surface area contributed by atoms with E-state index in [2.05, 4.69) is 26.6 Å². The van der Waals surface area contributed by atoms with Crippen LogP contribution < -0.4 is 5.32 Å². The van der Waals surface area contributed by atoms with Crippen molar-refractivity contribution in [3.63, 3.8) is 0 Å². The van der Waals surface area contributed by atoms with Gasteiger partial charge < -0.3 is 14.8 Å². The first kappa shape index (κ1) is 21.0. The maximum atomic E-state index is 12.6. The monoisotopic (exact) mass is 422 g/mol. The van der Waals surface area contributed by atoms with E-state index in [0.717, 1.165) is 56.1 Å². The molecule has 162 valence electrons. The molecule has 1 amide bonds. The number of nitrogens with zero attached hydrogens (tertiary/aromatic N) is 5. The van der Waals surface area contributed by atoms with Gasteiger partial charge >= 0.3 is 0 Å². The molecule has 0 unspecified atom stereocenters. The van der Waals surface area contributed by atoms with E-state index in [-0.39, 0.29) is 11.3 Å². The van der Waals surface area contributed by atoms with Crippen molar-refractivity contribution in [1.29, 1.82) is 0 Å². The second-order valence-electron chi connectivity index (χ2n) is 7.73. The van der Waals surface area contributed by atoms with Crippen LogP contribution in [0.25, 0.3) is 11.0 Å². The molecule has 0 aliphatic carbocycles. The Hall–Kier alpha value is -3.30. The molecule has 0 spiro atoms. The van der Waals surface area contributed by atoms with Crippen LogP contribution in [0.5, 0.6) is 0 Å². The van der Waals surface area contributed by atoms with Crippen LogP contribution in [-0.4, -0.2) is 62.9 Å². The van der Waals surface area contributed by atoms with Crippen molar-refractivity contribution in [2.24, 2.45) is 7.05 Å². The number of likely N-dealkylation sites (N-methyl/N-ethyl adjacent to an activating group) is 1. The molecule has 1 aliphatic rings. The van der Waals surface area contributed by atoms with Crippen LogP contribution in [0.2, 0.25) is 0 Å². The number of amides is 1. The van der Waals surface area contributed by atoms with Gasteiger partial charge in [0.25, 0.3) is 11.6 Å². The summed E-state index contributed by atoms with van der Waals surface area (Å²) >= 11 is 0. The van der Waals surface area contributed by atoms with Crippen LogP contribution >= 0.6 is 0 Å². The molecule has 1 fully saturated rings. The van der Waals surface area contributed by atoms with Gasteiger partial charge in [0.1, 0.15) is 11.4 Å². The number of aromatic nitrogens is 2. The zero-order valence-electron chi connectivity index (χ0n) is 17.7. The smallest absolute Gasteiger partial charge is 0.282 e. The van der Waals surface area contributed by atoms with Crippen molar-refractivity contribution in [3.05, 3.63) is 64.0 Å². The maximum Gasteiger partial charge on any atom is 0.282 e. The average molecular weight is 422 g/mol. The summed E-state index contributed by atoms with van der Waals surface area (Å²) in [5.74, 6) is 0.457. The summed E-state index contributed by atoms with van der Waals surface area (Å²) in [6.07, 6.45) is 0.